The van der Waals surface area contributed by atoms with E-state index in [1.54, 1.807) is 24.3 Å². The molecule has 6 nitrogen and oxygen atoms in total. The van der Waals surface area contributed by atoms with Crippen molar-refractivity contribution < 1.29 is 22.7 Å². The van der Waals surface area contributed by atoms with E-state index in [0.29, 0.717) is 16.4 Å². The molecule has 1 amide bonds. The summed E-state index contributed by atoms with van der Waals surface area (Å²) in [6.07, 6.45) is -4.51. The van der Waals surface area contributed by atoms with Crippen LogP contribution < -0.4 is 5.32 Å². The number of nitrogens with zero attached hydrogens (tertiary/aromatic N) is 3. The van der Waals surface area contributed by atoms with Crippen molar-refractivity contribution in [3.63, 3.8) is 0 Å². The fraction of sp³-hybridized carbons (Fsp3) is 0.167. The van der Waals surface area contributed by atoms with Crippen molar-refractivity contribution in [1.82, 2.24) is 15.0 Å². The molecule has 1 heterocycles. The van der Waals surface area contributed by atoms with Crippen LogP contribution in [0.4, 0.5) is 18.9 Å². The van der Waals surface area contributed by atoms with Crippen molar-refractivity contribution in [2.75, 3.05) is 12.4 Å². The van der Waals surface area contributed by atoms with Gasteiger partial charge in [0.15, 0.2) is 5.69 Å². The molecule has 3 rings (SSSR count). The molecule has 0 spiro atoms. The van der Waals surface area contributed by atoms with Crippen molar-refractivity contribution in [3.8, 4) is 5.69 Å². The molecule has 0 radical (unpaired) electrons. The van der Waals surface area contributed by atoms with Crippen LogP contribution in [-0.2, 0) is 17.5 Å². The van der Waals surface area contributed by atoms with Crippen LogP contribution in [0, 0.1) is 0 Å². The lowest BCUT2D eigenvalue weighted by Crippen LogP contribution is -2.16. The summed E-state index contributed by atoms with van der Waals surface area (Å²) < 4.78 is 45.1. The number of benzene rings is 2. The minimum Gasteiger partial charge on any atom is -0.378 e. The Kier molecular flexibility index (Phi) is 5.66. The molecule has 0 unspecified atom stereocenters. The molecule has 0 atom stereocenters. The summed E-state index contributed by atoms with van der Waals surface area (Å²) in [5.74, 6) is -0.702. The molecule has 0 saturated carbocycles. The van der Waals surface area contributed by atoms with Gasteiger partial charge < -0.3 is 10.1 Å². The SMILES string of the molecule is COCc1c(C(=O)Nc2cccc(C(F)(F)F)c2)nnn1-c1ccc(Cl)cc1. The molecule has 3 aromatic rings. The number of amides is 1. The summed E-state index contributed by atoms with van der Waals surface area (Å²) in [5.41, 5.74) is 0.00190. The van der Waals surface area contributed by atoms with Gasteiger partial charge in [-0.15, -0.1) is 5.10 Å². The lowest BCUT2D eigenvalue weighted by Gasteiger charge is -2.10. The summed E-state index contributed by atoms with van der Waals surface area (Å²) in [6, 6.07) is 11.0. The van der Waals surface area contributed by atoms with Crippen LogP contribution >= 0.6 is 11.6 Å². The first-order valence-electron chi connectivity index (χ1n) is 7.97. The van der Waals surface area contributed by atoms with Gasteiger partial charge in [-0.2, -0.15) is 13.2 Å². The average Bonchev–Trinajstić information content (AvgIpc) is 3.06. The first-order chi connectivity index (χ1) is 13.3. The van der Waals surface area contributed by atoms with Gasteiger partial charge in [0, 0.05) is 17.8 Å². The lowest BCUT2D eigenvalue weighted by atomic mass is 10.2. The van der Waals surface area contributed by atoms with Gasteiger partial charge in [0.05, 0.1) is 17.9 Å². The maximum Gasteiger partial charge on any atom is 0.416 e. The summed E-state index contributed by atoms with van der Waals surface area (Å²) >= 11 is 5.88. The molecular weight excluding hydrogens is 397 g/mol. The largest absolute Gasteiger partial charge is 0.416 e. The average molecular weight is 411 g/mol. The number of anilines is 1. The number of aromatic nitrogens is 3. The Balaban J connectivity index is 1.91. The number of carbonyl (C=O) groups is 1. The molecule has 0 aliphatic rings. The highest BCUT2D eigenvalue weighted by molar-refractivity contribution is 6.30. The van der Waals surface area contributed by atoms with E-state index in [1.807, 2.05) is 0 Å². The summed E-state index contributed by atoms with van der Waals surface area (Å²) in [7, 11) is 1.44. The van der Waals surface area contributed by atoms with Gasteiger partial charge in [-0.3, -0.25) is 4.79 Å². The number of hydrogen-bond donors (Lipinski definition) is 1. The molecule has 1 aromatic heterocycles. The predicted molar refractivity (Wildman–Crippen MR) is 96.5 cm³/mol. The molecule has 10 heteroatoms. The van der Waals surface area contributed by atoms with E-state index in [4.69, 9.17) is 16.3 Å². The molecule has 0 fully saturated rings. The van der Waals surface area contributed by atoms with Crippen LogP contribution in [0.1, 0.15) is 21.7 Å². The third-order valence-electron chi connectivity index (χ3n) is 3.78. The standard InChI is InChI=1S/C18H14ClF3N4O2/c1-28-10-15-16(24-25-26(15)14-7-5-12(19)6-8-14)17(27)23-13-4-2-3-11(9-13)18(20,21)22/h2-9H,10H2,1H3,(H,23,27). The van der Waals surface area contributed by atoms with E-state index in [1.165, 1.54) is 23.9 Å². The highest BCUT2D eigenvalue weighted by Crippen LogP contribution is 2.30. The van der Waals surface area contributed by atoms with E-state index >= 15 is 0 Å². The van der Waals surface area contributed by atoms with Crippen LogP contribution in [0.15, 0.2) is 48.5 Å². The Morgan fingerprint density at radius 3 is 2.57 bits per heavy atom. The van der Waals surface area contributed by atoms with E-state index in [9.17, 15) is 18.0 Å². The topological polar surface area (TPSA) is 69.0 Å². The maximum absolute atomic E-state index is 12.8. The Labute approximate surface area is 162 Å². The highest BCUT2D eigenvalue weighted by Gasteiger charge is 2.30. The van der Waals surface area contributed by atoms with Gasteiger partial charge >= 0.3 is 6.18 Å². The zero-order valence-corrected chi connectivity index (χ0v) is 15.3. The molecule has 0 aliphatic heterocycles. The quantitative estimate of drug-likeness (QED) is 0.679. The Morgan fingerprint density at radius 1 is 1.21 bits per heavy atom. The molecule has 2 aromatic carbocycles. The smallest absolute Gasteiger partial charge is 0.378 e. The first kappa shape index (κ1) is 19.8. The fourth-order valence-corrected chi connectivity index (χ4v) is 2.62. The molecule has 146 valence electrons. The van der Waals surface area contributed by atoms with Crippen molar-refractivity contribution in [2.24, 2.45) is 0 Å². The predicted octanol–water partition coefficient (Wildman–Crippen LogP) is 4.34. The summed E-state index contributed by atoms with van der Waals surface area (Å²) in [6.45, 7) is 0.0149. The minimum atomic E-state index is -4.51. The third-order valence-corrected chi connectivity index (χ3v) is 4.03. The van der Waals surface area contributed by atoms with Crippen LogP contribution in [-0.4, -0.2) is 28.0 Å². The van der Waals surface area contributed by atoms with E-state index < -0.39 is 17.6 Å². The summed E-state index contributed by atoms with van der Waals surface area (Å²) in [5, 5.41) is 10.8. The number of rotatable bonds is 5. The second-order valence-corrected chi connectivity index (χ2v) is 6.18. The Bertz CT molecular complexity index is 987. The number of alkyl halides is 3. The monoisotopic (exact) mass is 410 g/mol. The second kappa shape index (κ2) is 7.99. The number of nitrogens with one attached hydrogen (secondary N) is 1. The van der Waals surface area contributed by atoms with Crippen molar-refractivity contribution in [3.05, 3.63) is 70.5 Å². The van der Waals surface area contributed by atoms with Gasteiger partial charge in [0.1, 0.15) is 5.69 Å². The zero-order valence-electron chi connectivity index (χ0n) is 14.5. The highest BCUT2D eigenvalue weighted by atomic mass is 35.5. The molecular formula is C18H14ClF3N4O2. The Hall–Kier alpha value is -2.91. The lowest BCUT2D eigenvalue weighted by molar-refractivity contribution is -0.137. The summed E-state index contributed by atoms with van der Waals surface area (Å²) in [4.78, 5) is 12.6. The van der Waals surface area contributed by atoms with E-state index in [0.717, 1.165) is 12.1 Å². The molecule has 0 saturated heterocycles. The van der Waals surface area contributed by atoms with Crippen LogP contribution in [0.5, 0.6) is 0 Å². The van der Waals surface area contributed by atoms with Crippen LogP contribution in [0.3, 0.4) is 0 Å². The van der Waals surface area contributed by atoms with Crippen LogP contribution in [0.2, 0.25) is 5.02 Å². The number of methoxy groups -OCH3 is 1. The molecule has 0 aliphatic carbocycles. The van der Waals surface area contributed by atoms with Gasteiger partial charge in [-0.05, 0) is 42.5 Å². The van der Waals surface area contributed by atoms with Crippen molar-refractivity contribution in [2.45, 2.75) is 12.8 Å². The normalized spacial score (nSPS) is 11.5. The van der Waals surface area contributed by atoms with Crippen molar-refractivity contribution >= 4 is 23.2 Å². The number of carbonyl (C=O) groups excluding carboxylic acids is 1. The zero-order chi connectivity index (χ0) is 20.3. The van der Waals surface area contributed by atoms with Gasteiger partial charge in [0.2, 0.25) is 0 Å². The van der Waals surface area contributed by atoms with Crippen molar-refractivity contribution in [1.29, 1.82) is 0 Å². The maximum atomic E-state index is 12.8. The number of ether oxygens (including phenoxy) is 1. The fourth-order valence-electron chi connectivity index (χ4n) is 2.50. The minimum absolute atomic E-state index is 0.00997. The third kappa shape index (κ3) is 4.32. The molecule has 28 heavy (non-hydrogen) atoms. The van der Waals surface area contributed by atoms with E-state index in [2.05, 4.69) is 15.6 Å². The Morgan fingerprint density at radius 2 is 1.93 bits per heavy atom. The first-order valence-corrected chi connectivity index (χ1v) is 8.35. The van der Waals surface area contributed by atoms with Gasteiger partial charge in [-0.1, -0.05) is 22.9 Å². The van der Waals surface area contributed by atoms with Gasteiger partial charge in [-0.25, -0.2) is 4.68 Å². The molecule has 1 N–H and O–H groups in total. The van der Waals surface area contributed by atoms with Crippen LogP contribution in [0.25, 0.3) is 5.69 Å². The van der Waals surface area contributed by atoms with Gasteiger partial charge in [0.25, 0.3) is 5.91 Å². The number of halogens is 4. The second-order valence-electron chi connectivity index (χ2n) is 5.74. The molecule has 0 bridgehead atoms. The van der Waals surface area contributed by atoms with E-state index in [-0.39, 0.29) is 18.0 Å². The number of hydrogen-bond acceptors (Lipinski definition) is 4.